The van der Waals surface area contributed by atoms with Crippen LogP contribution < -0.4 is 4.90 Å². The van der Waals surface area contributed by atoms with Crippen LogP contribution >= 0.6 is 0 Å². The van der Waals surface area contributed by atoms with Crippen molar-refractivity contribution in [3.8, 4) is 0 Å². The van der Waals surface area contributed by atoms with Gasteiger partial charge >= 0.3 is 0 Å². The number of hydrogen-bond donors (Lipinski definition) is 0. The Bertz CT molecular complexity index is 455. The van der Waals surface area contributed by atoms with Crippen LogP contribution in [0.1, 0.15) is 31.4 Å². The highest BCUT2D eigenvalue weighted by atomic mass is 16.5. The Hall–Kier alpha value is -1.20. The quantitative estimate of drug-likeness (QED) is 0.800. The third-order valence-corrected chi connectivity index (χ3v) is 4.56. The van der Waals surface area contributed by atoms with Crippen LogP contribution in [-0.4, -0.2) is 60.3 Å². The molecule has 0 radical (unpaired) electrons. The molecule has 0 unspecified atom stereocenters. The number of piperidine rings is 1. The molecule has 1 saturated carbocycles. The van der Waals surface area contributed by atoms with Crippen molar-refractivity contribution in [1.29, 1.82) is 0 Å². The Kier molecular flexibility index (Phi) is 4.70. The molecule has 1 aliphatic heterocycles. The van der Waals surface area contributed by atoms with E-state index < -0.39 is 0 Å². The number of ether oxygens (including phenoxy) is 1. The van der Waals surface area contributed by atoms with Crippen LogP contribution in [0.5, 0.6) is 0 Å². The predicted octanol–water partition coefficient (Wildman–Crippen LogP) is 1.86. The number of methoxy groups -OCH3 is 1. The zero-order chi connectivity index (χ0) is 14.7. The largest absolute Gasteiger partial charge is 0.383 e. The first kappa shape index (κ1) is 14.7. The summed E-state index contributed by atoms with van der Waals surface area (Å²) in [6.45, 7) is 6.27. The average molecular weight is 290 g/mol. The van der Waals surface area contributed by atoms with E-state index in [4.69, 9.17) is 4.74 Å². The Balaban J connectivity index is 1.63. The van der Waals surface area contributed by atoms with Gasteiger partial charge in [-0.1, -0.05) is 0 Å². The second kappa shape index (κ2) is 6.71. The minimum absolute atomic E-state index is 0.630. The maximum absolute atomic E-state index is 5.18. The van der Waals surface area contributed by atoms with Gasteiger partial charge in [-0.2, -0.15) is 0 Å². The number of nitrogens with zero attached hydrogens (tertiary/aromatic N) is 4. The summed E-state index contributed by atoms with van der Waals surface area (Å²) in [4.78, 5) is 13.8. The van der Waals surface area contributed by atoms with Crippen LogP contribution in [0, 0.1) is 6.92 Å². The van der Waals surface area contributed by atoms with Crippen LogP contribution in [0.2, 0.25) is 0 Å². The molecular weight excluding hydrogens is 264 g/mol. The lowest BCUT2D eigenvalue weighted by Gasteiger charge is -2.39. The Labute approximate surface area is 127 Å². The number of rotatable bonds is 6. The van der Waals surface area contributed by atoms with Gasteiger partial charge in [0.25, 0.3) is 0 Å². The van der Waals surface area contributed by atoms with Crippen molar-refractivity contribution >= 4 is 5.82 Å². The van der Waals surface area contributed by atoms with Crippen LogP contribution in [-0.2, 0) is 4.74 Å². The molecule has 1 aliphatic carbocycles. The molecule has 0 spiro atoms. The molecule has 2 heterocycles. The van der Waals surface area contributed by atoms with E-state index in [0.29, 0.717) is 12.1 Å². The lowest BCUT2D eigenvalue weighted by Crippen LogP contribution is -2.47. The van der Waals surface area contributed by atoms with Crippen LogP contribution in [0.25, 0.3) is 0 Å². The first-order valence-corrected chi connectivity index (χ1v) is 8.06. The van der Waals surface area contributed by atoms with Gasteiger partial charge in [0.05, 0.1) is 6.61 Å². The van der Waals surface area contributed by atoms with Crippen molar-refractivity contribution in [2.24, 2.45) is 0 Å². The smallest absolute Gasteiger partial charge is 0.132 e. The maximum Gasteiger partial charge on any atom is 0.132 e. The van der Waals surface area contributed by atoms with Gasteiger partial charge in [-0.3, -0.25) is 0 Å². The molecule has 2 fully saturated rings. The number of anilines is 1. The molecule has 1 aromatic rings. The molecule has 0 amide bonds. The van der Waals surface area contributed by atoms with Crippen molar-refractivity contribution in [2.75, 3.05) is 38.3 Å². The maximum atomic E-state index is 5.18. The number of aromatic nitrogens is 2. The van der Waals surface area contributed by atoms with Gasteiger partial charge in [0.15, 0.2) is 0 Å². The molecule has 0 bridgehead atoms. The third kappa shape index (κ3) is 3.71. The minimum Gasteiger partial charge on any atom is -0.383 e. The van der Waals surface area contributed by atoms with Crippen LogP contribution in [0.15, 0.2) is 12.4 Å². The van der Waals surface area contributed by atoms with E-state index in [1.54, 1.807) is 13.4 Å². The zero-order valence-electron chi connectivity index (χ0n) is 13.2. The number of aryl methyl sites for hydroxylation is 1. The highest BCUT2D eigenvalue weighted by Crippen LogP contribution is 2.35. The van der Waals surface area contributed by atoms with E-state index in [0.717, 1.165) is 24.7 Å². The highest BCUT2D eigenvalue weighted by Gasteiger charge is 2.36. The zero-order valence-corrected chi connectivity index (χ0v) is 13.2. The fraction of sp³-hybridized carbons (Fsp3) is 0.750. The van der Waals surface area contributed by atoms with Gasteiger partial charge in [0.1, 0.15) is 12.1 Å². The van der Waals surface area contributed by atoms with E-state index >= 15 is 0 Å². The lowest BCUT2D eigenvalue weighted by atomic mass is 10.0. The molecule has 0 aromatic carbocycles. The monoisotopic (exact) mass is 290 g/mol. The van der Waals surface area contributed by atoms with Crippen molar-refractivity contribution in [2.45, 2.75) is 44.7 Å². The lowest BCUT2D eigenvalue weighted by molar-refractivity contribution is 0.129. The summed E-state index contributed by atoms with van der Waals surface area (Å²) >= 11 is 0. The van der Waals surface area contributed by atoms with E-state index in [-0.39, 0.29) is 0 Å². The molecule has 1 aromatic heterocycles. The minimum atomic E-state index is 0.630. The van der Waals surface area contributed by atoms with Gasteiger partial charge < -0.3 is 14.5 Å². The molecule has 116 valence electrons. The van der Waals surface area contributed by atoms with E-state index in [1.807, 2.05) is 6.92 Å². The van der Waals surface area contributed by atoms with Crippen LogP contribution in [0.3, 0.4) is 0 Å². The molecular formula is C16H26N4O. The summed E-state index contributed by atoms with van der Waals surface area (Å²) in [5.74, 6) is 1.13. The Morgan fingerprint density at radius 2 is 1.90 bits per heavy atom. The van der Waals surface area contributed by atoms with E-state index in [1.165, 1.54) is 38.8 Å². The molecule has 1 saturated heterocycles. The normalized spacial score (nSPS) is 20.7. The fourth-order valence-corrected chi connectivity index (χ4v) is 3.25. The van der Waals surface area contributed by atoms with Crippen molar-refractivity contribution in [1.82, 2.24) is 14.9 Å². The average Bonchev–Trinajstić information content (AvgIpc) is 3.32. The van der Waals surface area contributed by atoms with Gasteiger partial charge in [-0.05, 0) is 32.6 Å². The van der Waals surface area contributed by atoms with Gasteiger partial charge in [-0.25, -0.2) is 9.97 Å². The summed E-state index contributed by atoms with van der Waals surface area (Å²) in [6, 6.07) is 3.47. The highest BCUT2D eigenvalue weighted by molar-refractivity contribution is 5.43. The summed E-state index contributed by atoms with van der Waals surface area (Å²) in [5, 5.41) is 0. The van der Waals surface area contributed by atoms with Gasteiger partial charge in [0.2, 0.25) is 0 Å². The molecule has 21 heavy (non-hydrogen) atoms. The molecule has 5 nitrogen and oxygen atoms in total. The summed E-state index contributed by atoms with van der Waals surface area (Å²) in [7, 11) is 1.78. The standard InChI is InChI=1S/C16H26N4O/c1-13-11-16(18-12-17-13)20(14-3-4-14)15-5-7-19(8-6-15)9-10-21-2/h11-12,14-15H,3-10H2,1-2H3. The fourth-order valence-electron chi connectivity index (χ4n) is 3.25. The van der Waals surface area contributed by atoms with Gasteiger partial charge in [-0.15, -0.1) is 0 Å². The van der Waals surface area contributed by atoms with Gasteiger partial charge in [0, 0.05) is 50.6 Å². The second-order valence-electron chi connectivity index (χ2n) is 6.22. The molecule has 2 aliphatic rings. The van der Waals surface area contributed by atoms with Crippen molar-refractivity contribution in [3.63, 3.8) is 0 Å². The summed E-state index contributed by atoms with van der Waals surface area (Å²) in [5.41, 5.74) is 1.06. The first-order valence-electron chi connectivity index (χ1n) is 8.06. The topological polar surface area (TPSA) is 41.5 Å². The predicted molar refractivity (Wildman–Crippen MR) is 83.6 cm³/mol. The van der Waals surface area contributed by atoms with E-state index in [9.17, 15) is 0 Å². The third-order valence-electron chi connectivity index (χ3n) is 4.56. The molecule has 0 atom stereocenters. The van der Waals surface area contributed by atoms with E-state index in [2.05, 4.69) is 25.8 Å². The molecule has 0 N–H and O–H groups in total. The summed E-state index contributed by atoms with van der Waals surface area (Å²) in [6.07, 6.45) is 6.78. The summed E-state index contributed by atoms with van der Waals surface area (Å²) < 4.78 is 5.18. The molecule has 5 heteroatoms. The van der Waals surface area contributed by atoms with Crippen molar-refractivity contribution < 1.29 is 4.74 Å². The second-order valence-corrected chi connectivity index (χ2v) is 6.22. The Morgan fingerprint density at radius 3 is 2.52 bits per heavy atom. The molecule has 3 rings (SSSR count). The SMILES string of the molecule is COCCN1CCC(N(c2cc(C)ncn2)C2CC2)CC1. The van der Waals surface area contributed by atoms with Crippen molar-refractivity contribution in [3.05, 3.63) is 18.1 Å². The first-order chi connectivity index (χ1) is 10.3. The van der Waals surface area contributed by atoms with Crippen LogP contribution in [0.4, 0.5) is 5.82 Å². The Morgan fingerprint density at radius 1 is 1.19 bits per heavy atom. The number of hydrogen-bond acceptors (Lipinski definition) is 5. The number of likely N-dealkylation sites (tertiary alicyclic amines) is 1.